The largest absolute Gasteiger partial charge is 0.491 e. The molecule has 3 aromatic rings. The van der Waals surface area contributed by atoms with Crippen LogP contribution in [0.4, 0.5) is 0 Å². The number of benzene rings is 1. The van der Waals surface area contributed by atoms with Gasteiger partial charge in [-0.25, -0.2) is 15.0 Å². The summed E-state index contributed by atoms with van der Waals surface area (Å²) in [5, 5.41) is 9.50. The highest BCUT2D eigenvalue weighted by molar-refractivity contribution is 5.87. The second-order valence-electron chi connectivity index (χ2n) is 8.27. The first-order valence-electron chi connectivity index (χ1n) is 10.4. The smallest absolute Gasteiger partial charge is 0.221 e. The molecule has 2 aromatic heterocycles. The van der Waals surface area contributed by atoms with E-state index in [0.717, 1.165) is 59.7 Å². The zero-order valence-electron chi connectivity index (χ0n) is 17.0. The molecular formula is C22H25N5O3. The van der Waals surface area contributed by atoms with Gasteiger partial charge in [0.2, 0.25) is 5.91 Å². The number of primary amides is 1. The van der Waals surface area contributed by atoms with Crippen LogP contribution in [0.15, 0.2) is 18.2 Å². The number of amides is 1. The van der Waals surface area contributed by atoms with E-state index < -0.39 is 0 Å². The lowest BCUT2D eigenvalue weighted by atomic mass is 9.94. The minimum absolute atomic E-state index is 0.140. The molecule has 0 saturated heterocycles. The van der Waals surface area contributed by atoms with E-state index in [4.69, 9.17) is 15.5 Å². The van der Waals surface area contributed by atoms with Gasteiger partial charge < -0.3 is 20.1 Å². The summed E-state index contributed by atoms with van der Waals surface area (Å²) in [5.74, 6) is 1.92. The van der Waals surface area contributed by atoms with E-state index in [1.807, 2.05) is 25.1 Å². The van der Waals surface area contributed by atoms with E-state index in [1.54, 1.807) is 0 Å². The lowest BCUT2D eigenvalue weighted by Crippen LogP contribution is -2.26. The number of aliphatic hydroxyl groups excluding tert-OH is 1. The fourth-order valence-corrected chi connectivity index (χ4v) is 4.40. The standard InChI is InChI=1S/C22H25N5O3/c1-12-7-17(25-19(11-28)24-12)22-26-16-9-13(8-15(21(23)29)14-3-4-14)10-18-20(16)27(22)5-2-6-30-18/h7,9-10,14-15,28H,2-6,8,11H2,1H3,(H2,23,29)/t15-/m0/s1. The normalized spacial score (nSPS) is 16.9. The van der Waals surface area contributed by atoms with Gasteiger partial charge in [-0.3, -0.25) is 4.79 Å². The SMILES string of the molecule is Cc1cc(-c2nc3cc(C[C@H](C(N)=O)C4CC4)cc4c3n2CCCO4)nc(CO)n1. The van der Waals surface area contributed by atoms with Crippen molar-refractivity contribution in [1.29, 1.82) is 0 Å². The first-order valence-corrected chi connectivity index (χ1v) is 10.4. The molecule has 1 atom stereocenters. The number of rotatable bonds is 6. The summed E-state index contributed by atoms with van der Waals surface area (Å²) in [7, 11) is 0. The maximum atomic E-state index is 11.9. The molecular weight excluding hydrogens is 382 g/mol. The fourth-order valence-electron chi connectivity index (χ4n) is 4.40. The van der Waals surface area contributed by atoms with Gasteiger partial charge in [0.15, 0.2) is 11.6 Å². The number of ether oxygens (including phenoxy) is 1. The topological polar surface area (TPSA) is 116 Å². The van der Waals surface area contributed by atoms with E-state index in [1.165, 1.54) is 0 Å². The Labute approximate surface area is 174 Å². The van der Waals surface area contributed by atoms with Gasteiger partial charge in [0.05, 0.1) is 12.1 Å². The zero-order chi connectivity index (χ0) is 20.8. The highest BCUT2D eigenvalue weighted by Gasteiger charge is 2.35. The Morgan fingerprint density at radius 2 is 2.13 bits per heavy atom. The van der Waals surface area contributed by atoms with Crippen molar-refractivity contribution in [2.45, 2.75) is 45.8 Å². The minimum atomic E-state index is -0.233. The summed E-state index contributed by atoms with van der Waals surface area (Å²) in [6.45, 7) is 3.04. The second-order valence-corrected chi connectivity index (χ2v) is 8.27. The Bertz CT molecular complexity index is 1140. The molecule has 1 aliphatic carbocycles. The third-order valence-corrected chi connectivity index (χ3v) is 5.93. The molecule has 30 heavy (non-hydrogen) atoms. The van der Waals surface area contributed by atoms with E-state index in [9.17, 15) is 9.90 Å². The molecule has 1 saturated carbocycles. The Kier molecular flexibility index (Phi) is 4.66. The Morgan fingerprint density at radius 3 is 2.87 bits per heavy atom. The van der Waals surface area contributed by atoms with Crippen molar-refractivity contribution in [2.24, 2.45) is 17.6 Å². The van der Waals surface area contributed by atoms with E-state index in [2.05, 4.69) is 14.5 Å². The number of hydrogen-bond acceptors (Lipinski definition) is 6. The highest BCUT2D eigenvalue weighted by Crippen LogP contribution is 2.40. The zero-order valence-corrected chi connectivity index (χ0v) is 17.0. The molecule has 8 heteroatoms. The van der Waals surface area contributed by atoms with Crippen LogP contribution in [-0.4, -0.2) is 37.1 Å². The van der Waals surface area contributed by atoms with Crippen LogP contribution in [0.2, 0.25) is 0 Å². The third-order valence-electron chi connectivity index (χ3n) is 5.93. The molecule has 5 rings (SSSR count). The van der Waals surface area contributed by atoms with Crippen molar-refractivity contribution in [3.8, 4) is 17.3 Å². The monoisotopic (exact) mass is 407 g/mol. The Hall–Kier alpha value is -3.00. The molecule has 1 fully saturated rings. The van der Waals surface area contributed by atoms with Crippen molar-refractivity contribution in [1.82, 2.24) is 19.5 Å². The summed E-state index contributed by atoms with van der Waals surface area (Å²) in [6, 6.07) is 5.94. The van der Waals surface area contributed by atoms with Gasteiger partial charge >= 0.3 is 0 Å². The molecule has 3 N–H and O–H groups in total. The number of nitrogens with two attached hydrogens (primary N) is 1. The van der Waals surface area contributed by atoms with Crippen LogP contribution in [0.25, 0.3) is 22.6 Å². The first-order chi connectivity index (χ1) is 14.5. The molecule has 1 amide bonds. The molecule has 0 unspecified atom stereocenters. The summed E-state index contributed by atoms with van der Waals surface area (Å²) in [5.41, 5.74) is 9.91. The van der Waals surface area contributed by atoms with E-state index in [0.29, 0.717) is 30.5 Å². The molecule has 156 valence electrons. The maximum absolute atomic E-state index is 11.9. The number of nitrogens with zero attached hydrogens (tertiary/aromatic N) is 4. The number of imidazole rings is 1. The van der Waals surface area contributed by atoms with Crippen molar-refractivity contribution in [3.63, 3.8) is 0 Å². The van der Waals surface area contributed by atoms with Crippen molar-refractivity contribution in [2.75, 3.05) is 6.61 Å². The first kappa shape index (κ1) is 19.0. The molecule has 3 heterocycles. The van der Waals surface area contributed by atoms with Crippen LogP contribution >= 0.6 is 0 Å². The van der Waals surface area contributed by atoms with Crippen molar-refractivity contribution in [3.05, 3.63) is 35.3 Å². The molecule has 2 aliphatic rings. The maximum Gasteiger partial charge on any atom is 0.221 e. The average molecular weight is 407 g/mol. The number of aryl methyl sites for hydroxylation is 2. The van der Waals surface area contributed by atoms with Crippen LogP contribution in [0, 0.1) is 18.8 Å². The van der Waals surface area contributed by atoms with Crippen LogP contribution in [0.3, 0.4) is 0 Å². The van der Waals surface area contributed by atoms with Crippen molar-refractivity contribution >= 4 is 16.9 Å². The summed E-state index contributed by atoms with van der Waals surface area (Å²) < 4.78 is 8.18. The number of aromatic nitrogens is 4. The van der Waals surface area contributed by atoms with Crippen LogP contribution < -0.4 is 10.5 Å². The Balaban J connectivity index is 1.63. The predicted octanol–water partition coefficient (Wildman–Crippen LogP) is 2.13. The predicted molar refractivity (Wildman–Crippen MR) is 111 cm³/mol. The Morgan fingerprint density at radius 1 is 1.30 bits per heavy atom. The molecule has 1 aromatic carbocycles. The second kappa shape index (κ2) is 7.36. The molecule has 0 radical (unpaired) electrons. The minimum Gasteiger partial charge on any atom is -0.491 e. The molecule has 1 aliphatic heterocycles. The quantitative estimate of drug-likeness (QED) is 0.647. The van der Waals surface area contributed by atoms with Gasteiger partial charge in [-0.05, 0) is 62.3 Å². The summed E-state index contributed by atoms with van der Waals surface area (Å²) in [4.78, 5) is 25.6. The highest BCUT2D eigenvalue weighted by atomic mass is 16.5. The number of aliphatic hydroxyl groups is 1. The van der Waals surface area contributed by atoms with Gasteiger partial charge in [0.25, 0.3) is 0 Å². The number of hydrogen-bond donors (Lipinski definition) is 2. The number of carbonyl (C=O) groups excluding carboxylic acids is 1. The summed E-state index contributed by atoms with van der Waals surface area (Å²) in [6.07, 6.45) is 3.59. The van der Waals surface area contributed by atoms with Crippen molar-refractivity contribution < 1.29 is 14.6 Å². The average Bonchev–Trinajstić information content (AvgIpc) is 3.51. The van der Waals surface area contributed by atoms with Gasteiger partial charge in [-0.15, -0.1) is 0 Å². The van der Waals surface area contributed by atoms with Gasteiger partial charge in [0.1, 0.15) is 23.6 Å². The lowest BCUT2D eigenvalue weighted by molar-refractivity contribution is -0.122. The number of carbonyl (C=O) groups is 1. The lowest BCUT2D eigenvalue weighted by Gasteiger charge is -2.13. The van der Waals surface area contributed by atoms with E-state index in [-0.39, 0.29) is 18.4 Å². The van der Waals surface area contributed by atoms with Crippen LogP contribution in [-0.2, 0) is 24.4 Å². The van der Waals surface area contributed by atoms with Gasteiger partial charge in [0, 0.05) is 18.2 Å². The van der Waals surface area contributed by atoms with Gasteiger partial charge in [-0.2, -0.15) is 0 Å². The van der Waals surface area contributed by atoms with Gasteiger partial charge in [-0.1, -0.05) is 0 Å². The van der Waals surface area contributed by atoms with E-state index >= 15 is 0 Å². The molecule has 8 nitrogen and oxygen atoms in total. The van der Waals surface area contributed by atoms with Crippen LogP contribution in [0.1, 0.15) is 36.3 Å². The fraction of sp³-hybridized carbons (Fsp3) is 0.455. The molecule has 0 spiro atoms. The third kappa shape index (κ3) is 3.41. The van der Waals surface area contributed by atoms with Crippen LogP contribution in [0.5, 0.6) is 5.75 Å². The molecule has 0 bridgehead atoms. The summed E-state index contributed by atoms with van der Waals surface area (Å²) >= 11 is 0.